The summed E-state index contributed by atoms with van der Waals surface area (Å²) in [5.41, 5.74) is 0.485. The van der Waals surface area contributed by atoms with Crippen molar-refractivity contribution in [3.63, 3.8) is 0 Å². The van der Waals surface area contributed by atoms with E-state index in [1.807, 2.05) is 0 Å². The Morgan fingerprint density at radius 1 is 1.60 bits per heavy atom. The molecule has 0 heterocycles. The number of carbonyl (C=O) groups is 1. The third-order valence-electron chi connectivity index (χ3n) is 1.80. The maximum atomic E-state index is 13.0. The molecule has 1 N–H and O–H groups in total. The Labute approximate surface area is 93.0 Å². The van der Waals surface area contributed by atoms with Gasteiger partial charge in [0.2, 0.25) is 5.91 Å². The summed E-state index contributed by atoms with van der Waals surface area (Å²) < 4.78 is 17.8. The molecule has 1 amide bonds. The van der Waals surface area contributed by atoms with Crippen LogP contribution < -0.4 is 10.1 Å². The van der Waals surface area contributed by atoms with E-state index in [-0.39, 0.29) is 11.7 Å². The zero-order valence-electron chi connectivity index (χ0n) is 8.45. The van der Waals surface area contributed by atoms with Gasteiger partial charge in [-0.1, -0.05) is 0 Å². The van der Waals surface area contributed by atoms with Gasteiger partial charge in [0.05, 0.1) is 12.4 Å². The van der Waals surface area contributed by atoms with Gasteiger partial charge in [-0.25, -0.2) is 4.39 Å². The second-order valence-electron chi connectivity index (χ2n) is 3.01. The summed E-state index contributed by atoms with van der Waals surface area (Å²) in [6.45, 7) is 1.65. The predicted octanol–water partition coefficient (Wildman–Crippen LogP) is 2.09. The van der Waals surface area contributed by atoms with Crippen LogP contribution in [-0.2, 0) is 4.79 Å². The number of hydrogen-bond acceptors (Lipinski definition) is 3. The van der Waals surface area contributed by atoms with Crippen LogP contribution in [0.1, 0.15) is 6.92 Å². The van der Waals surface area contributed by atoms with Crippen molar-refractivity contribution >= 4 is 24.2 Å². The number of hydrogen-bond donors (Lipinski definition) is 2. The molecule has 0 aliphatic rings. The first kappa shape index (κ1) is 11.8. The van der Waals surface area contributed by atoms with Crippen LogP contribution in [0.3, 0.4) is 0 Å². The molecule has 0 aromatic heterocycles. The molecule has 1 unspecified atom stereocenters. The Balaban J connectivity index is 2.83. The predicted molar refractivity (Wildman–Crippen MR) is 60.0 cm³/mol. The summed E-state index contributed by atoms with van der Waals surface area (Å²) in [5, 5.41) is 2.17. The molecule has 1 aromatic carbocycles. The Kier molecular flexibility index (Phi) is 3.96. The zero-order valence-corrected chi connectivity index (χ0v) is 9.35. The van der Waals surface area contributed by atoms with Crippen molar-refractivity contribution in [2.45, 2.75) is 12.2 Å². The molecule has 0 radical (unpaired) electrons. The van der Waals surface area contributed by atoms with Gasteiger partial charge in [-0.05, 0) is 19.1 Å². The summed E-state index contributed by atoms with van der Waals surface area (Å²) in [7, 11) is 1.37. The molecule has 0 spiro atoms. The molecule has 0 fully saturated rings. The van der Waals surface area contributed by atoms with Crippen LogP contribution in [0.5, 0.6) is 5.75 Å². The minimum atomic E-state index is -0.463. The first-order chi connectivity index (χ1) is 7.04. The van der Waals surface area contributed by atoms with E-state index in [9.17, 15) is 9.18 Å². The summed E-state index contributed by atoms with van der Waals surface area (Å²) in [5.74, 6) is -0.610. The van der Waals surface area contributed by atoms with Crippen molar-refractivity contribution in [2.24, 2.45) is 0 Å². The van der Waals surface area contributed by atoms with Gasteiger partial charge in [0.1, 0.15) is 0 Å². The van der Waals surface area contributed by atoms with Gasteiger partial charge >= 0.3 is 0 Å². The molecule has 1 aromatic rings. The van der Waals surface area contributed by atoms with Gasteiger partial charge in [-0.3, -0.25) is 4.79 Å². The van der Waals surface area contributed by atoms with Crippen LogP contribution in [-0.4, -0.2) is 18.3 Å². The van der Waals surface area contributed by atoms with E-state index < -0.39 is 11.1 Å². The molecule has 3 nitrogen and oxygen atoms in total. The fourth-order valence-corrected chi connectivity index (χ4v) is 1.05. The minimum absolute atomic E-state index is 0.0969. The molecule has 15 heavy (non-hydrogen) atoms. The number of methoxy groups -OCH3 is 1. The normalized spacial score (nSPS) is 12.0. The molecular weight excluding hydrogens is 217 g/mol. The number of benzene rings is 1. The van der Waals surface area contributed by atoms with Crippen molar-refractivity contribution in [3.05, 3.63) is 24.0 Å². The van der Waals surface area contributed by atoms with E-state index in [0.29, 0.717) is 5.69 Å². The number of halogens is 1. The average Bonchev–Trinajstić information content (AvgIpc) is 2.20. The second-order valence-corrected chi connectivity index (χ2v) is 3.79. The fourth-order valence-electron chi connectivity index (χ4n) is 0.984. The monoisotopic (exact) mass is 229 g/mol. The van der Waals surface area contributed by atoms with Crippen molar-refractivity contribution in [3.8, 4) is 5.75 Å². The lowest BCUT2D eigenvalue weighted by molar-refractivity contribution is -0.115. The quantitative estimate of drug-likeness (QED) is 0.779. The largest absolute Gasteiger partial charge is 0.494 e. The fraction of sp³-hybridized carbons (Fsp3) is 0.300. The van der Waals surface area contributed by atoms with Crippen LogP contribution in [0.4, 0.5) is 10.1 Å². The smallest absolute Gasteiger partial charge is 0.236 e. The van der Waals surface area contributed by atoms with Crippen LogP contribution in [0.15, 0.2) is 18.2 Å². The van der Waals surface area contributed by atoms with Crippen LogP contribution in [0.2, 0.25) is 0 Å². The van der Waals surface area contributed by atoms with Crippen molar-refractivity contribution in [1.29, 1.82) is 0 Å². The molecule has 0 bridgehead atoms. The van der Waals surface area contributed by atoms with E-state index in [1.165, 1.54) is 25.3 Å². The van der Waals surface area contributed by atoms with E-state index >= 15 is 0 Å². The van der Waals surface area contributed by atoms with E-state index in [2.05, 4.69) is 17.9 Å². The number of nitrogens with one attached hydrogen (secondary N) is 1. The third-order valence-corrected chi connectivity index (χ3v) is 2.03. The number of thiol groups is 1. The summed E-state index contributed by atoms with van der Waals surface area (Å²) in [4.78, 5) is 11.3. The SMILES string of the molecule is COc1cc(NC(=O)C(C)S)ccc1F. The number of carbonyl (C=O) groups excluding carboxylic acids is 1. The van der Waals surface area contributed by atoms with E-state index in [0.717, 1.165) is 0 Å². The number of amides is 1. The summed E-state index contributed by atoms with van der Waals surface area (Å²) in [6.07, 6.45) is 0. The van der Waals surface area contributed by atoms with E-state index in [1.54, 1.807) is 6.92 Å². The highest BCUT2D eigenvalue weighted by atomic mass is 32.1. The maximum Gasteiger partial charge on any atom is 0.236 e. The summed E-state index contributed by atoms with van der Waals surface area (Å²) in [6, 6.07) is 4.12. The van der Waals surface area contributed by atoms with Gasteiger partial charge < -0.3 is 10.1 Å². The molecule has 1 atom stereocenters. The lowest BCUT2D eigenvalue weighted by atomic mass is 10.3. The first-order valence-corrected chi connectivity index (χ1v) is 4.88. The molecule has 82 valence electrons. The Hall–Kier alpha value is -1.23. The molecular formula is C10H12FNO2S. The highest BCUT2D eigenvalue weighted by molar-refractivity contribution is 7.81. The molecule has 1 rings (SSSR count). The minimum Gasteiger partial charge on any atom is -0.494 e. The van der Waals surface area contributed by atoms with Crippen molar-refractivity contribution < 1.29 is 13.9 Å². The van der Waals surface area contributed by atoms with Crippen LogP contribution >= 0.6 is 12.6 Å². The van der Waals surface area contributed by atoms with E-state index in [4.69, 9.17) is 4.74 Å². The van der Waals surface area contributed by atoms with Crippen LogP contribution in [0, 0.1) is 5.82 Å². The molecule has 0 saturated heterocycles. The van der Waals surface area contributed by atoms with Gasteiger partial charge in [-0.15, -0.1) is 0 Å². The Morgan fingerprint density at radius 2 is 2.27 bits per heavy atom. The van der Waals surface area contributed by atoms with Crippen molar-refractivity contribution in [1.82, 2.24) is 0 Å². The molecule has 5 heteroatoms. The molecule has 0 saturated carbocycles. The third kappa shape index (κ3) is 3.13. The lowest BCUT2D eigenvalue weighted by Crippen LogP contribution is -2.20. The molecule has 0 aliphatic heterocycles. The van der Waals surface area contributed by atoms with Gasteiger partial charge in [0, 0.05) is 11.8 Å². The Bertz CT molecular complexity index is 368. The Morgan fingerprint density at radius 3 is 2.80 bits per heavy atom. The zero-order chi connectivity index (χ0) is 11.4. The number of rotatable bonds is 3. The lowest BCUT2D eigenvalue weighted by Gasteiger charge is -2.08. The number of anilines is 1. The highest BCUT2D eigenvalue weighted by Crippen LogP contribution is 2.21. The second kappa shape index (κ2) is 5.02. The van der Waals surface area contributed by atoms with Gasteiger partial charge in [-0.2, -0.15) is 12.6 Å². The standard InChI is InChI=1S/C10H12FNO2S/c1-6(15)10(13)12-7-3-4-8(11)9(5-7)14-2/h3-6,15H,1-2H3,(H,12,13). The first-order valence-electron chi connectivity index (χ1n) is 4.37. The van der Waals surface area contributed by atoms with Crippen molar-refractivity contribution in [2.75, 3.05) is 12.4 Å². The summed E-state index contributed by atoms with van der Waals surface area (Å²) >= 11 is 3.97. The average molecular weight is 229 g/mol. The highest BCUT2D eigenvalue weighted by Gasteiger charge is 2.09. The van der Waals surface area contributed by atoms with Gasteiger partial charge in [0.25, 0.3) is 0 Å². The van der Waals surface area contributed by atoms with Crippen LogP contribution in [0.25, 0.3) is 0 Å². The molecule has 0 aliphatic carbocycles. The maximum absolute atomic E-state index is 13.0. The number of ether oxygens (including phenoxy) is 1. The topological polar surface area (TPSA) is 38.3 Å². The van der Waals surface area contributed by atoms with Gasteiger partial charge in [0.15, 0.2) is 11.6 Å².